The minimum absolute atomic E-state index is 0.332. The number of ether oxygens (including phenoxy) is 2. The number of rotatable bonds is 7. The fraction of sp³-hybridized carbons (Fsp3) is 0.316. The van der Waals surface area contributed by atoms with Gasteiger partial charge in [0.2, 0.25) is 0 Å². The Bertz CT molecular complexity index is 651. The normalized spacial score (nSPS) is 10.4. The molecule has 0 aromatic heterocycles. The van der Waals surface area contributed by atoms with Gasteiger partial charge in [0.15, 0.2) is 6.61 Å². The summed E-state index contributed by atoms with van der Waals surface area (Å²) < 4.78 is 10.9. The molecule has 0 aliphatic heterocycles. The van der Waals surface area contributed by atoms with Gasteiger partial charge in [-0.15, -0.1) is 0 Å². The van der Waals surface area contributed by atoms with Crippen molar-refractivity contribution < 1.29 is 19.4 Å². The number of carboxylic acids is 1. The summed E-state index contributed by atoms with van der Waals surface area (Å²) in [6.45, 7) is 6.60. The Morgan fingerprint density at radius 3 is 2.13 bits per heavy atom. The van der Waals surface area contributed by atoms with Gasteiger partial charge in [0, 0.05) is 0 Å². The van der Waals surface area contributed by atoms with E-state index in [4.69, 9.17) is 14.6 Å². The SMILES string of the molecule is CCCOc1cc(C)c(-c2ccc(OCC(=O)O)cc2)c(C)c1. The molecule has 0 amide bonds. The summed E-state index contributed by atoms with van der Waals surface area (Å²) >= 11 is 0. The van der Waals surface area contributed by atoms with Crippen molar-refractivity contribution in [2.75, 3.05) is 13.2 Å². The molecule has 23 heavy (non-hydrogen) atoms. The Hall–Kier alpha value is -2.49. The minimum Gasteiger partial charge on any atom is -0.494 e. The second-order valence-corrected chi connectivity index (χ2v) is 5.49. The van der Waals surface area contributed by atoms with Crippen LogP contribution in [0.1, 0.15) is 24.5 Å². The third-order valence-electron chi connectivity index (χ3n) is 3.48. The van der Waals surface area contributed by atoms with Crippen molar-refractivity contribution in [2.24, 2.45) is 0 Å². The molecule has 0 fully saturated rings. The minimum atomic E-state index is -0.983. The molecule has 4 heteroatoms. The molecule has 0 unspecified atom stereocenters. The molecule has 0 bridgehead atoms. The molecule has 0 aliphatic rings. The zero-order chi connectivity index (χ0) is 16.8. The predicted octanol–water partition coefficient (Wildman–Crippen LogP) is 4.22. The highest BCUT2D eigenvalue weighted by Crippen LogP contribution is 2.32. The van der Waals surface area contributed by atoms with Gasteiger partial charge < -0.3 is 14.6 Å². The number of hydrogen-bond acceptors (Lipinski definition) is 3. The van der Waals surface area contributed by atoms with E-state index in [-0.39, 0.29) is 6.61 Å². The van der Waals surface area contributed by atoms with Gasteiger partial charge in [0.1, 0.15) is 11.5 Å². The second kappa shape index (κ2) is 7.68. The topological polar surface area (TPSA) is 55.8 Å². The van der Waals surface area contributed by atoms with E-state index in [0.29, 0.717) is 12.4 Å². The number of aryl methyl sites for hydroxylation is 2. The first-order valence-electron chi connectivity index (χ1n) is 7.70. The summed E-state index contributed by atoms with van der Waals surface area (Å²) in [7, 11) is 0. The van der Waals surface area contributed by atoms with Crippen LogP contribution < -0.4 is 9.47 Å². The number of carboxylic acid groups (broad SMARTS) is 1. The van der Waals surface area contributed by atoms with Gasteiger partial charge in [-0.2, -0.15) is 0 Å². The lowest BCUT2D eigenvalue weighted by Gasteiger charge is -2.14. The van der Waals surface area contributed by atoms with Crippen molar-refractivity contribution in [2.45, 2.75) is 27.2 Å². The average Bonchev–Trinajstić information content (AvgIpc) is 2.51. The quantitative estimate of drug-likeness (QED) is 0.831. The van der Waals surface area contributed by atoms with Crippen molar-refractivity contribution in [1.29, 1.82) is 0 Å². The van der Waals surface area contributed by atoms with E-state index in [1.807, 2.05) is 24.3 Å². The predicted molar refractivity (Wildman–Crippen MR) is 90.3 cm³/mol. The third-order valence-corrected chi connectivity index (χ3v) is 3.48. The van der Waals surface area contributed by atoms with Gasteiger partial charge in [-0.25, -0.2) is 4.79 Å². The molecule has 0 saturated carbocycles. The molecular formula is C19H22O4. The van der Waals surface area contributed by atoms with Crippen LogP contribution in [0.4, 0.5) is 0 Å². The maximum atomic E-state index is 10.5. The van der Waals surface area contributed by atoms with Crippen molar-refractivity contribution in [3.8, 4) is 22.6 Å². The molecule has 1 N–H and O–H groups in total. The molecule has 4 nitrogen and oxygen atoms in total. The first-order valence-corrected chi connectivity index (χ1v) is 7.70. The van der Waals surface area contributed by atoms with Gasteiger partial charge in [-0.3, -0.25) is 0 Å². The van der Waals surface area contributed by atoms with Crippen LogP contribution >= 0.6 is 0 Å². The summed E-state index contributed by atoms with van der Waals surface area (Å²) in [5, 5.41) is 8.63. The Labute approximate surface area is 136 Å². The van der Waals surface area contributed by atoms with Gasteiger partial charge in [0.25, 0.3) is 0 Å². The molecule has 2 aromatic carbocycles. The van der Waals surface area contributed by atoms with Crippen LogP contribution in [0.5, 0.6) is 11.5 Å². The van der Waals surface area contributed by atoms with E-state index in [1.165, 1.54) is 5.56 Å². The van der Waals surface area contributed by atoms with Crippen LogP contribution in [0.2, 0.25) is 0 Å². The van der Waals surface area contributed by atoms with E-state index in [2.05, 4.69) is 20.8 Å². The standard InChI is InChI=1S/C19H22O4/c1-4-9-22-17-10-13(2)19(14(3)11-17)15-5-7-16(8-6-15)23-12-18(20)21/h5-8,10-11H,4,9,12H2,1-3H3,(H,20,21). The second-order valence-electron chi connectivity index (χ2n) is 5.49. The van der Waals surface area contributed by atoms with E-state index in [1.54, 1.807) is 12.1 Å². The zero-order valence-electron chi connectivity index (χ0n) is 13.8. The van der Waals surface area contributed by atoms with E-state index >= 15 is 0 Å². The highest BCUT2D eigenvalue weighted by molar-refractivity contribution is 5.72. The smallest absolute Gasteiger partial charge is 0.341 e. The van der Waals surface area contributed by atoms with Crippen molar-refractivity contribution >= 4 is 5.97 Å². The zero-order valence-corrected chi connectivity index (χ0v) is 13.8. The molecule has 2 aromatic rings. The number of hydrogen-bond donors (Lipinski definition) is 1. The fourth-order valence-electron chi connectivity index (χ4n) is 2.55. The maximum absolute atomic E-state index is 10.5. The summed E-state index contributed by atoms with van der Waals surface area (Å²) in [5.41, 5.74) is 4.54. The first-order chi connectivity index (χ1) is 11.0. The van der Waals surface area contributed by atoms with Crippen LogP contribution in [0, 0.1) is 13.8 Å². The van der Waals surface area contributed by atoms with Crippen LogP contribution in [0.25, 0.3) is 11.1 Å². The molecule has 0 saturated heterocycles. The first kappa shape index (κ1) is 16.9. The van der Waals surface area contributed by atoms with Gasteiger partial charge >= 0.3 is 5.97 Å². The molecule has 0 heterocycles. The molecular weight excluding hydrogens is 292 g/mol. The highest BCUT2D eigenvalue weighted by Gasteiger charge is 2.09. The van der Waals surface area contributed by atoms with Crippen LogP contribution in [0.15, 0.2) is 36.4 Å². The number of aliphatic carboxylic acids is 1. The summed E-state index contributed by atoms with van der Waals surface area (Å²) in [6, 6.07) is 11.6. The fourth-order valence-corrected chi connectivity index (χ4v) is 2.55. The molecule has 122 valence electrons. The summed E-state index contributed by atoms with van der Waals surface area (Å²) in [6.07, 6.45) is 0.984. The van der Waals surface area contributed by atoms with Crippen LogP contribution in [-0.4, -0.2) is 24.3 Å². The van der Waals surface area contributed by atoms with Gasteiger partial charge in [-0.05, 0) is 66.8 Å². The lowest BCUT2D eigenvalue weighted by atomic mass is 9.95. The Kier molecular flexibility index (Phi) is 5.63. The average molecular weight is 314 g/mol. The van der Waals surface area contributed by atoms with Gasteiger partial charge in [-0.1, -0.05) is 19.1 Å². The Balaban J connectivity index is 2.22. The van der Waals surface area contributed by atoms with Crippen molar-refractivity contribution in [3.63, 3.8) is 0 Å². The van der Waals surface area contributed by atoms with Crippen LogP contribution in [0.3, 0.4) is 0 Å². The molecule has 0 radical (unpaired) electrons. The third kappa shape index (κ3) is 4.49. The molecule has 0 spiro atoms. The lowest BCUT2D eigenvalue weighted by Crippen LogP contribution is -2.09. The summed E-state index contributed by atoms with van der Waals surface area (Å²) in [4.78, 5) is 10.5. The Morgan fingerprint density at radius 2 is 1.61 bits per heavy atom. The highest BCUT2D eigenvalue weighted by atomic mass is 16.5. The molecule has 2 rings (SSSR count). The number of carbonyl (C=O) groups is 1. The van der Waals surface area contributed by atoms with Gasteiger partial charge in [0.05, 0.1) is 6.61 Å². The number of benzene rings is 2. The lowest BCUT2D eigenvalue weighted by molar-refractivity contribution is -0.139. The van der Waals surface area contributed by atoms with Crippen molar-refractivity contribution in [1.82, 2.24) is 0 Å². The van der Waals surface area contributed by atoms with E-state index in [9.17, 15) is 4.79 Å². The molecule has 0 aliphatic carbocycles. The monoisotopic (exact) mass is 314 g/mol. The Morgan fingerprint density at radius 1 is 1.00 bits per heavy atom. The largest absolute Gasteiger partial charge is 0.494 e. The summed E-state index contributed by atoms with van der Waals surface area (Å²) in [5.74, 6) is 0.463. The maximum Gasteiger partial charge on any atom is 0.341 e. The molecule has 0 atom stereocenters. The van der Waals surface area contributed by atoms with E-state index < -0.39 is 5.97 Å². The van der Waals surface area contributed by atoms with Crippen molar-refractivity contribution in [3.05, 3.63) is 47.5 Å². The van der Waals surface area contributed by atoms with E-state index in [0.717, 1.165) is 28.9 Å². The van der Waals surface area contributed by atoms with Crippen LogP contribution in [-0.2, 0) is 4.79 Å².